The molecule has 0 heterocycles. The van der Waals surface area contributed by atoms with Crippen LogP contribution < -0.4 is 4.72 Å². The number of halogens is 4. The van der Waals surface area contributed by atoms with Gasteiger partial charge in [-0.1, -0.05) is 12.1 Å². The molecule has 0 bridgehead atoms. The summed E-state index contributed by atoms with van der Waals surface area (Å²) < 4.78 is 84.2. The van der Waals surface area contributed by atoms with Gasteiger partial charge in [-0.2, -0.15) is 8.78 Å². The molecule has 27 heavy (non-hydrogen) atoms. The molecule has 1 aromatic rings. The molecule has 0 aliphatic carbocycles. The van der Waals surface area contributed by atoms with E-state index >= 15 is 0 Å². The highest BCUT2D eigenvalue weighted by Crippen LogP contribution is 2.24. The van der Waals surface area contributed by atoms with Crippen LogP contribution in [0.1, 0.15) is 0 Å². The molecule has 0 fully saturated rings. The lowest BCUT2D eigenvalue weighted by Crippen LogP contribution is -2.32. The molecule has 1 rings (SSSR count). The summed E-state index contributed by atoms with van der Waals surface area (Å²) in [5.74, 6) is -5.98. The Morgan fingerprint density at radius 1 is 1.37 bits per heavy atom. The van der Waals surface area contributed by atoms with Gasteiger partial charge in [-0.15, -0.1) is 0 Å². The van der Waals surface area contributed by atoms with Crippen molar-refractivity contribution in [2.24, 2.45) is 0 Å². The van der Waals surface area contributed by atoms with Crippen molar-refractivity contribution < 1.29 is 45.2 Å². The summed E-state index contributed by atoms with van der Waals surface area (Å²) >= 11 is 0. The number of sulfonamides is 1. The Morgan fingerprint density at radius 2 is 1.96 bits per heavy atom. The minimum atomic E-state index is -4.75. The summed E-state index contributed by atoms with van der Waals surface area (Å²) in [4.78, 5) is 20.6. The van der Waals surface area contributed by atoms with E-state index in [2.05, 4.69) is 9.47 Å². The first kappa shape index (κ1) is 22.1. The lowest BCUT2D eigenvalue weighted by Gasteiger charge is -2.15. The third-order valence-electron chi connectivity index (χ3n) is 2.80. The first-order valence-electron chi connectivity index (χ1n) is 6.74. The van der Waals surface area contributed by atoms with E-state index in [1.54, 1.807) is 4.72 Å². The number of alkyl halides is 4. The quantitative estimate of drug-likeness (QED) is 0.163. The van der Waals surface area contributed by atoms with Crippen molar-refractivity contribution in [2.45, 2.75) is 17.2 Å². The van der Waals surface area contributed by atoms with Gasteiger partial charge in [-0.3, -0.25) is 14.8 Å². The van der Waals surface area contributed by atoms with Crippen LogP contribution in [0.5, 0.6) is 0 Å². The Morgan fingerprint density at radius 3 is 2.48 bits per heavy atom. The highest BCUT2D eigenvalue weighted by atomic mass is 32.2. The van der Waals surface area contributed by atoms with E-state index in [-0.39, 0.29) is 6.26 Å². The second kappa shape index (κ2) is 8.66. The van der Waals surface area contributed by atoms with Gasteiger partial charge >= 0.3 is 18.3 Å². The van der Waals surface area contributed by atoms with Gasteiger partial charge in [0.05, 0.1) is 12.0 Å². The second-order valence-corrected chi connectivity index (χ2v) is 6.38. The first-order chi connectivity index (χ1) is 12.4. The van der Waals surface area contributed by atoms with Crippen molar-refractivity contribution >= 4 is 21.7 Å². The first-order valence-corrected chi connectivity index (χ1v) is 8.23. The molecule has 0 amide bonds. The summed E-state index contributed by atoms with van der Waals surface area (Å²) in [6.45, 7) is -1.86. The summed E-state index contributed by atoms with van der Waals surface area (Å²) in [7, 11) is -3.94. The molecule has 14 heteroatoms. The SMILES string of the molecule is COC(=O)/C(=C\OCC(F)(F)C(F)F)NS(=O)(=O)c1ccccc1[N+](=O)[O-]. The second-order valence-electron chi connectivity index (χ2n) is 4.73. The van der Waals surface area contributed by atoms with Crippen molar-refractivity contribution in [1.82, 2.24) is 4.72 Å². The number of hydrogen-bond acceptors (Lipinski definition) is 7. The van der Waals surface area contributed by atoms with Gasteiger partial charge in [-0.05, 0) is 6.07 Å². The van der Waals surface area contributed by atoms with E-state index in [1.807, 2.05) is 0 Å². The maximum absolute atomic E-state index is 12.8. The monoisotopic (exact) mass is 416 g/mol. The summed E-state index contributed by atoms with van der Waals surface area (Å²) in [6.07, 6.45) is -3.93. The molecule has 9 nitrogen and oxygen atoms in total. The molecule has 0 aliphatic heterocycles. The smallest absolute Gasteiger partial charge is 0.358 e. The Balaban J connectivity index is 3.15. The molecule has 0 radical (unpaired) electrons. The average molecular weight is 416 g/mol. The molecule has 1 N–H and O–H groups in total. The minimum absolute atomic E-state index is 0.133. The van der Waals surface area contributed by atoms with Crippen LogP contribution in [0.4, 0.5) is 23.2 Å². The summed E-state index contributed by atoms with van der Waals surface area (Å²) in [6, 6.07) is 4.06. The maximum Gasteiger partial charge on any atom is 0.358 e. The lowest BCUT2D eigenvalue weighted by atomic mass is 10.3. The molecule has 0 atom stereocenters. The largest absolute Gasteiger partial charge is 0.492 e. The van der Waals surface area contributed by atoms with E-state index in [9.17, 15) is 40.9 Å². The Hall–Kier alpha value is -2.90. The van der Waals surface area contributed by atoms with E-state index in [4.69, 9.17) is 0 Å². The molecular formula is C13H12F4N2O7S. The van der Waals surface area contributed by atoms with E-state index in [1.165, 1.54) is 6.07 Å². The number of nitro groups is 1. The number of benzene rings is 1. The van der Waals surface area contributed by atoms with E-state index in [0.29, 0.717) is 0 Å². The molecule has 0 aromatic heterocycles. The Labute approximate surface area is 149 Å². The maximum atomic E-state index is 12.8. The zero-order valence-corrected chi connectivity index (χ0v) is 14.2. The molecule has 150 valence electrons. The zero-order chi connectivity index (χ0) is 20.8. The van der Waals surface area contributed by atoms with Gasteiger partial charge < -0.3 is 9.47 Å². The van der Waals surface area contributed by atoms with Gasteiger partial charge in [0.25, 0.3) is 15.7 Å². The normalized spacial score (nSPS) is 12.6. The fourth-order valence-corrected chi connectivity index (χ4v) is 2.76. The fourth-order valence-electron chi connectivity index (χ4n) is 1.56. The number of nitrogens with one attached hydrogen (secondary N) is 1. The van der Waals surface area contributed by atoms with Crippen LogP contribution in [0, 0.1) is 10.1 Å². The van der Waals surface area contributed by atoms with Crippen LogP contribution in [0.2, 0.25) is 0 Å². The number of carbonyl (C=O) groups is 1. The Bertz CT molecular complexity index is 843. The standard InChI is InChI=1S/C13H12F4N2O7S/c1-25-11(20)8(6-26-7-13(16,17)12(14)15)18-27(23,24)10-5-3-2-4-9(10)19(21)22/h2-6,12,18H,7H2,1H3/b8-6+. The number of esters is 1. The number of nitro benzene ring substituents is 1. The van der Waals surface area contributed by atoms with Crippen LogP contribution in [0.3, 0.4) is 0 Å². The number of hydrogen-bond donors (Lipinski definition) is 1. The zero-order valence-electron chi connectivity index (χ0n) is 13.4. The molecule has 1 aromatic carbocycles. The topological polar surface area (TPSA) is 125 Å². The molecular weight excluding hydrogens is 404 g/mol. The number of methoxy groups -OCH3 is 1. The van der Waals surface area contributed by atoms with Gasteiger partial charge in [0.1, 0.15) is 6.26 Å². The number of carbonyl (C=O) groups excluding carboxylic acids is 1. The van der Waals surface area contributed by atoms with Crippen molar-refractivity contribution in [1.29, 1.82) is 0 Å². The van der Waals surface area contributed by atoms with Crippen LogP contribution in [-0.2, 0) is 24.3 Å². The Kier molecular flexibility index (Phi) is 7.10. The molecule has 0 saturated carbocycles. The van der Waals surface area contributed by atoms with Crippen LogP contribution in [-0.4, -0.2) is 45.4 Å². The van der Waals surface area contributed by atoms with Crippen molar-refractivity contribution in [3.63, 3.8) is 0 Å². The van der Waals surface area contributed by atoms with E-state index in [0.717, 1.165) is 25.3 Å². The number of nitrogens with zero attached hydrogens (tertiary/aromatic N) is 1. The van der Waals surface area contributed by atoms with Crippen molar-refractivity contribution in [3.05, 3.63) is 46.3 Å². The predicted octanol–water partition coefficient (Wildman–Crippen LogP) is 1.80. The number of rotatable bonds is 9. The minimum Gasteiger partial charge on any atom is -0.492 e. The summed E-state index contributed by atoms with van der Waals surface area (Å²) in [5.41, 5.74) is -1.90. The van der Waals surface area contributed by atoms with Crippen molar-refractivity contribution in [2.75, 3.05) is 13.7 Å². The van der Waals surface area contributed by atoms with Gasteiger partial charge in [0.15, 0.2) is 17.2 Å². The van der Waals surface area contributed by atoms with Crippen LogP contribution >= 0.6 is 0 Å². The third-order valence-corrected chi connectivity index (χ3v) is 4.21. The molecule has 0 spiro atoms. The lowest BCUT2D eigenvalue weighted by molar-refractivity contribution is -0.387. The van der Waals surface area contributed by atoms with Crippen LogP contribution in [0.25, 0.3) is 0 Å². The van der Waals surface area contributed by atoms with E-state index < -0.39 is 56.2 Å². The fraction of sp³-hybridized carbons (Fsp3) is 0.308. The number of ether oxygens (including phenoxy) is 2. The predicted molar refractivity (Wildman–Crippen MR) is 80.4 cm³/mol. The average Bonchev–Trinajstić information content (AvgIpc) is 2.59. The summed E-state index contributed by atoms with van der Waals surface area (Å²) in [5, 5.41) is 10.9. The van der Waals surface area contributed by atoms with Crippen LogP contribution in [0.15, 0.2) is 41.1 Å². The highest BCUT2D eigenvalue weighted by molar-refractivity contribution is 7.89. The van der Waals surface area contributed by atoms with Gasteiger partial charge in [0, 0.05) is 6.07 Å². The van der Waals surface area contributed by atoms with Gasteiger partial charge in [-0.25, -0.2) is 22.0 Å². The third kappa shape index (κ3) is 5.80. The highest BCUT2D eigenvalue weighted by Gasteiger charge is 2.41. The molecule has 0 saturated heterocycles. The molecule has 0 unspecified atom stereocenters. The van der Waals surface area contributed by atoms with Crippen molar-refractivity contribution in [3.8, 4) is 0 Å². The number of para-hydroxylation sites is 1. The molecule has 0 aliphatic rings. The van der Waals surface area contributed by atoms with Gasteiger partial charge in [0.2, 0.25) is 0 Å².